The summed E-state index contributed by atoms with van der Waals surface area (Å²) in [5.41, 5.74) is 0. The summed E-state index contributed by atoms with van der Waals surface area (Å²) in [4.78, 5) is 23.0. The van der Waals surface area contributed by atoms with Gasteiger partial charge in [-0.2, -0.15) is 0 Å². The fraction of sp³-hybridized carbons (Fsp3) is 0.862. The third-order valence-electron chi connectivity index (χ3n) is 6.27. The molecule has 0 aliphatic carbocycles. The standard InChI is InChI=1S/C29H54O4/c1-3-5-6-7-8-9-10-11-12-13-14-15-16-17-18-19-20-21-22-23-24-27(26-28(30)31)29(32)33-25-4-2/h9-10,27H,3-8,11-26H2,1-2H3,(H,30,31)/b10-9+. The van der Waals surface area contributed by atoms with E-state index in [0.29, 0.717) is 13.0 Å². The van der Waals surface area contributed by atoms with Gasteiger partial charge in [-0.25, -0.2) is 0 Å². The van der Waals surface area contributed by atoms with E-state index < -0.39 is 11.9 Å². The minimum absolute atomic E-state index is 0.113. The van der Waals surface area contributed by atoms with Crippen LogP contribution in [-0.2, 0) is 14.3 Å². The van der Waals surface area contributed by atoms with Crippen molar-refractivity contribution in [3.63, 3.8) is 0 Å². The van der Waals surface area contributed by atoms with Crippen molar-refractivity contribution in [2.75, 3.05) is 6.61 Å². The first kappa shape index (κ1) is 31.7. The Morgan fingerprint density at radius 1 is 0.667 bits per heavy atom. The average Bonchev–Trinajstić information content (AvgIpc) is 2.80. The van der Waals surface area contributed by atoms with E-state index in [1.54, 1.807) is 0 Å². The molecule has 1 atom stereocenters. The van der Waals surface area contributed by atoms with Crippen molar-refractivity contribution in [1.82, 2.24) is 0 Å². The lowest BCUT2D eigenvalue weighted by Crippen LogP contribution is -2.21. The molecule has 0 radical (unpaired) electrons. The number of esters is 1. The average molecular weight is 467 g/mol. The molecule has 33 heavy (non-hydrogen) atoms. The van der Waals surface area contributed by atoms with E-state index in [1.807, 2.05) is 6.92 Å². The minimum atomic E-state index is -0.918. The Kier molecular flexibility index (Phi) is 24.3. The van der Waals surface area contributed by atoms with Gasteiger partial charge in [0.05, 0.1) is 18.9 Å². The molecule has 1 unspecified atom stereocenters. The van der Waals surface area contributed by atoms with Crippen LogP contribution in [0.25, 0.3) is 0 Å². The number of hydrogen-bond donors (Lipinski definition) is 1. The van der Waals surface area contributed by atoms with Crippen LogP contribution in [0.3, 0.4) is 0 Å². The van der Waals surface area contributed by atoms with Crippen molar-refractivity contribution < 1.29 is 19.4 Å². The smallest absolute Gasteiger partial charge is 0.309 e. The molecule has 4 heteroatoms. The number of hydrogen-bond acceptors (Lipinski definition) is 3. The molecule has 0 bridgehead atoms. The van der Waals surface area contributed by atoms with E-state index in [0.717, 1.165) is 19.3 Å². The highest BCUT2D eigenvalue weighted by molar-refractivity contribution is 5.79. The van der Waals surface area contributed by atoms with Crippen molar-refractivity contribution in [2.45, 2.75) is 149 Å². The third-order valence-corrected chi connectivity index (χ3v) is 6.27. The van der Waals surface area contributed by atoms with Crippen LogP contribution in [0.15, 0.2) is 12.2 Å². The number of rotatable bonds is 25. The molecule has 0 fully saturated rings. The second kappa shape index (κ2) is 25.3. The van der Waals surface area contributed by atoms with Gasteiger partial charge >= 0.3 is 11.9 Å². The maximum atomic E-state index is 12.0. The molecule has 4 nitrogen and oxygen atoms in total. The molecule has 0 aliphatic heterocycles. The summed E-state index contributed by atoms with van der Waals surface area (Å²) in [6.45, 7) is 4.58. The van der Waals surface area contributed by atoms with E-state index in [9.17, 15) is 9.59 Å². The number of carbonyl (C=O) groups excluding carboxylic acids is 1. The van der Waals surface area contributed by atoms with Gasteiger partial charge in [0.15, 0.2) is 0 Å². The van der Waals surface area contributed by atoms with Gasteiger partial charge in [-0.15, -0.1) is 0 Å². The van der Waals surface area contributed by atoms with Gasteiger partial charge in [-0.05, 0) is 38.5 Å². The number of unbranched alkanes of at least 4 members (excludes halogenated alkanes) is 16. The second-order valence-electron chi connectivity index (χ2n) is 9.60. The molecule has 0 rings (SSSR count). The first-order valence-corrected chi connectivity index (χ1v) is 14.1. The molecule has 0 saturated carbocycles. The molecule has 0 aromatic rings. The lowest BCUT2D eigenvalue weighted by molar-refractivity contribution is -0.153. The lowest BCUT2D eigenvalue weighted by atomic mass is 9.97. The number of ether oxygens (including phenoxy) is 1. The van der Waals surface area contributed by atoms with Crippen LogP contribution >= 0.6 is 0 Å². The summed E-state index contributed by atoms with van der Waals surface area (Å²) >= 11 is 0. The predicted octanol–water partition coefficient (Wildman–Crippen LogP) is 9.02. The van der Waals surface area contributed by atoms with Gasteiger partial charge in [-0.1, -0.05) is 116 Å². The molecule has 0 amide bonds. The molecule has 194 valence electrons. The van der Waals surface area contributed by atoms with Crippen molar-refractivity contribution >= 4 is 11.9 Å². The first-order valence-electron chi connectivity index (χ1n) is 14.1. The van der Waals surface area contributed by atoms with Crippen LogP contribution in [0.5, 0.6) is 0 Å². The summed E-state index contributed by atoms with van der Waals surface area (Å²) in [5, 5.41) is 9.01. The Balaban J connectivity index is 3.43. The van der Waals surface area contributed by atoms with Crippen LogP contribution in [0.2, 0.25) is 0 Å². The minimum Gasteiger partial charge on any atom is -0.481 e. The quantitative estimate of drug-likeness (QED) is 0.0828. The van der Waals surface area contributed by atoms with E-state index in [1.165, 1.54) is 103 Å². The topological polar surface area (TPSA) is 63.6 Å². The van der Waals surface area contributed by atoms with Crippen molar-refractivity contribution in [3.05, 3.63) is 12.2 Å². The van der Waals surface area contributed by atoms with E-state index in [-0.39, 0.29) is 12.4 Å². The Morgan fingerprint density at radius 3 is 1.58 bits per heavy atom. The maximum Gasteiger partial charge on any atom is 0.309 e. The Bertz CT molecular complexity index is 472. The SMILES string of the molecule is CCCCCC/C=C/CCCCCCCCCCCCCCC(CC(=O)O)C(=O)OCCC. The number of carbonyl (C=O) groups is 2. The van der Waals surface area contributed by atoms with Crippen molar-refractivity contribution in [1.29, 1.82) is 0 Å². The molecule has 0 aromatic heterocycles. The van der Waals surface area contributed by atoms with Crippen LogP contribution in [0, 0.1) is 5.92 Å². The fourth-order valence-corrected chi connectivity index (χ4v) is 4.18. The summed E-state index contributed by atoms with van der Waals surface area (Å²) in [5.74, 6) is -1.74. The van der Waals surface area contributed by atoms with Crippen molar-refractivity contribution in [3.8, 4) is 0 Å². The highest BCUT2D eigenvalue weighted by Gasteiger charge is 2.22. The Morgan fingerprint density at radius 2 is 1.12 bits per heavy atom. The number of allylic oxidation sites excluding steroid dienone is 2. The van der Waals surface area contributed by atoms with Crippen molar-refractivity contribution in [2.24, 2.45) is 5.92 Å². The molecular formula is C29H54O4. The van der Waals surface area contributed by atoms with E-state index in [4.69, 9.17) is 9.84 Å². The summed E-state index contributed by atoms with van der Waals surface area (Å²) in [7, 11) is 0. The molecular weight excluding hydrogens is 412 g/mol. The number of carboxylic acid groups (broad SMARTS) is 1. The zero-order valence-corrected chi connectivity index (χ0v) is 22.0. The van der Waals surface area contributed by atoms with Gasteiger partial charge < -0.3 is 9.84 Å². The molecule has 0 spiro atoms. The fourth-order valence-electron chi connectivity index (χ4n) is 4.18. The number of aliphatic carboxylic acids is 1. The lowest BCUT2D eigenvalue weighted by Gasteiger charge is -2.13. The molecule has 1 N–H and O–H groups in total. The largest absolute Gasteiger partial charge is 0.481 e. The van der Waals surface area contributed by atoms with Gasteiger partial charge in [0.25, 0.3) is 0 Å². The van der Waals surface area contributed by atoms with E-state index >= 15 is 0 Å². The van der Waals surface area contributed by atoms with Gasteiger partial charge in [0.2, 0.25) is 0 Å². The zero-order valence-electron chi connectivity index (χ0n) is 22.0. The molecule has 0 saturated heterocycles. The predicted molar refractivity (Wildman–Crippen MR) is 140 cm³/mol. The number of carboxylic acids is 1. The summed E-state index contributed by atoms with van der Waals surface area (Å²) < 4.78 is 5.14. The Hall–Kier alpha value is -1.32. The van der Waals surface area contributed by atoms with Gasteiger partial charge in [0, 0.05) is 0 Å². The van der Waals surface area contributed by atoms with Crippen LogP contribution in [0.1, 0.15) is 149 Å². The third kappa shape index (κ3) is 23.6. The van der Waals surface area contributed by atoms with Crippen LogP contribution in [-0.4, -0.2) is 23.7 Å². The Labute approximate surface area is 204 Å². The highest BCUT2D eigenvalue weighted by Crippen LogP contribution is 2.18. The molecule has 0 aliphatic rings. The first-order chi connectivity index (χ1) is 16.1. The highest BCUT2D eigenvalue weighted by atomic mass is 16.5. The van der Waals surface area contributed by atoms with E-state index in [2.05, 4.69) is 19.1 Å². The normalized spacial score (nSPS) is 12.3. The molecule has 0 heterocycles. The summed E-state index contributed by atoms with van der Waals surface area (Å²) in [6.07, 6.45) is 29.2. The second-order valence-corrected chi connectivity index (χ2v) is 9.60. The van der Waals surface area contributed by atoms with Gasteiger partial charge in [-0.3, -0.25) is 9.59 Å². The summed E-state index contributed by atoms with van der Waals surface area (Å²) in [6, 6.07) is 0. The van der Waals surface area contributed by atoms with Crippen LogP contribution in [0.4, 0.5) is 0 Å². The van der Waals surface area contributed by atoms with Crippen LogP contribution < -0.4 is 0 Å². The monoisotopic (exact) mass is 466 g/mol. The maximum absolute atomic E-state index is 12.0. The van der Waals surface area contributed by atoms with Gasteiger partial charge in [0.1, 0.15) is 0 Å². The zero-order chi connectivity index (χ0) is 24.4. The molecule has 0 aromatic carbocycles.